The summed E-state index contributed by atoms with van der Waals surface area (Å²) < 4.78 is 11.1. The number of nitrogens with one attached hydrogen (secondary N) is 1. The summed E-state index contributed by atoms with van der Waals surface area (Å²) in [7, 11) is 0. The number of hydrogen-bond acceptors (Lipinski definition) is 6. The van der Waals surface area contributed by atoms with Crippen molar-refractivity contribution < 1.29 is 19.2 Å². The van der Waals surface area contributed by atoms with E-state index in [0.29, 0.717) is 17.2 Å². The molecule has 0 atom stereocenters. The van der Waals surface area contributed by atoms with E-state index in [-0.39, 0.29) is 5.75 Å². The first-order valence-corrected chi connectivity index (χ1v) is 8.38. The van der Waals surface area contributed by atoms with E-state index in [2.05, 4.69) is 10.3 Å². The van der Waals surface area contributed by atoms with E-state index in [1.54, 1.807) is 24.3 Å². The summed E-state index contributed by atoms with van der Waals surface area (Å²) in [5.74, 6) is 0.0879. The van der Waals surface area contributed by atoms with E-state index in [1.165, 1.54) is 18.3 Å². The lowest BCUT2D eigenvalue weighted by atomic mass is 10.2. The van der Waals surface area contributed by atoms with Crippen LogP contribution in [-0.4, -0.2) is 22.4 Å². The van der Waals surface area contributed by atoms with E-state index in [1.807, 2.05) is 31.2 Å². The molecule has 0 bridgehead atoms. The molecule has 0 spiro atoms. The lowest BCUT2D eigenvalue weighted by Crippen LogP contribution is -2.20. The van der Waals surface area contributed by atoms with Crippen LogP contribution in [0.25, 0.3) is 0 Å². The van der Waals surface area contributed by atoms with Gasteiger partial charge in [0.2, 0.25) is 5.75 Å². The fourth-order valence-corrected chi connectivity index (χ4v) is 2.35. The number of nitrogens with zero attached hydrogens (tertiary/aromatic N) is 2. The standard InChI is InChI=1S/C20H17N3O5/c1-14-8-10-15(11-9-14)28-17-6-3-2-5-16(17)22-19(24)13-27-18-7-4-12-21-20(18)23(25)26/h2-12H,13H2,1H3,(H,22,24). The Morgan fingerprint density at radius 1 is 1.07 bits per heavy atom. The fourth-order valence-electron chi connectivity index (χ4n) is 2.35. The minimum absolute atomic E-state index is 0.0770. The Morgan fingerprint density at radius 3 is 2.54 bits per heavy atom. The Hall–Kier alpha value is -3.94. The van der Waals surface area contributed by atoms with Gasteiger partial charge in [0.05, 0.1) is 5.69 Å². The molecule has 142 valence electrons. The zero-order chi connectivity index (χ0) is 19.9. The van der Waals surface area contributed by atoms with Crippen molar-refractivity contribution in [3.8, 4) is 17.2 Å². The van der Waals surface area contributed by atoms with Gasteiger partial charge in [-0.25, -0.2) is 0 Å². The number of anilines is 1. The monoisotopic (exact) mass is 379 g/mol. The first-order valence-electron chi connectivity index (χ1n) is 8.38. The predicted molar refractivity (Wildman–Crippen MR) is 103 cm³/mol. The van der Waals surface area contributed by atoms with Crippen molar-refractivity contribution >= 4 is 17.4 Å². The third-order valence-corrected chi connectivity index (χ3v) is 3.69. The van der Waals surface area contributed by atoms with Crippen LogP contribution in [0, 0.1) is 17.0 Å². The van der Waals surface area contributed by atoms with Crippen LogP contribution < -0.4 is 14.8 Å². The van der Waals surface area contributed by atoms with E-state index in [4.69, 9.17) is 9.47 Å². The molecular formula is C20H17N3O5. The molecule has 0 unspecified atom stereocenters. The zero-order valence-electron chi connectivity index (χ0n) is 15.0. The summed E-state index contributed by atoms with van der Waals surface area (Å²) in [4.78, 5) is 26.1. The number of aromatic nitrogens is 1. The topological polar surface area (TPSA) is 104 Å². The Morgan fingerprint density at radius 2 is 1.79 bits per heavy atom. The minimum Gasteiger partial charge on any atom is -0.476 e. The molecule has 8 nitrogen and oxygen atoms in total. The van der Waals surface area contributed by atoms with Crippen molar-refractivity contribution in [3.05, 3.63) is 82.5 Å². The largest absolute Gasteiger partial charge is 0.476 e. The Bertz CT molecular complexity index is 989. The smallest absolute Gasteiger partial charge is 0.406 e. The Kier molecular flexibility index (Phi) is 5.81. The molecule has 0 aliphatic carbocycles. The Balaban J connectivity index is 1.66. The molecule has 28 heavy (non-hydrogen) atoms. The second kappa shape index (κ2) is 8.63. The number of amides is 1. The molecule has 0 saturated heterocycles. The van der Waals surface area contributed by atoms with Crippen LogP contribution in [0.2, 0.25) is 0 Å². The predicted octanol–water partition coefficient (Wildman–Crippen LogP) is 4.11. The molecule has 0 radical (unpaired) electrons. The van der Waals surface area contributed by atoms with Crippen LogP contribution in [0.1, 0.15) is 5.56 Å². The average Bonchev–Trinajstić information content (AvgIpc) is 2.70. The summed E-state index contributed by atoms with van der Waals surface area (Å²) >= 11 is 0. The lowest BCUT2D eigenvalue weighted by molar-refractivity contribution is -0.390. The molecule has 1 aromatic heterocycles. The number of benzene rings is 2. The van der Waals surface area contributed by atoms with Gasteiger partial charge in [-0.2, -0.15) is 0 Å². The molecule has 0 aliphatic rings. The normalized spacial score (nSPS) is 10.2. The van der Waals surface area contributed by atoms with Crippen LogP contribution in [0.3, 0.4) is 0 Å². The van der Waals surface area contributed by atoms with Gasteiger partial charge < -0.3 is 24.9 Å². The number of para-hydroxylation sites is 2. The number of hydrogen-bond donors (Lipinski definition) is 1. The fraction of sp³-hybridized carbons (Fsp3) is 0.100. The van der Waals surface area contributed by atoms with Gasteiger partial charge in [-0.1, -0.05) is 29.8 Å². The number of carbonyl (C=O) groups is 1. The molecule has 1 N–H and O–H groups in total. The van der Waals surface area contributed by atoms with Crippen molar-refractivity contribution in [2.45, 2.75) is 6.92 Å². The Labute approximate surface area is 160 Å². The van der Waals surface area contributed by atoms with Crippen molar-refractivity contribution in [2.75, 3.05) is 11.9 Å². The third-order valence-electron chi connectivity index (χ3n) is 3.69. The van der Waals surface area contributed by atoms with Crippen molar-refractivity contribution in [1.82, 2.24) is 4.98 Å². The van der Waals surface area contributed by atoms with Gasteiger partial charge in [0.25, 0.3) is 5.91 Å². The molecule has 0 aliphatic heterocycles. The lowest BCUT2D eigenvalue weighted by Gasteiger charge is -2.12. The second-order valence-electron chi connectivity index (χ2n) is 5.83. The highest BCUT2D eigenvalue weighted by molar-refractivity contribution is 5.93. The number of nitro groups is 1. The number of carbonyl (C=O) groups excluding carboxylic acids is 1. The third kappa shape index (κ3) is 4.82. The molecule has 1 amide bonds. The van der Waals surface area contributed by atoms with Crippen molar-refractivity contribution in [1.29, 1.82) is 0 Å². The number of rotatable bonds is 7. The first kappa shape index (κ1) is 18.8. The van der Waals surface area contributed by atoms with Crippen LogP contribution in [0.5, 0.6) is 17.2 Å². The van der Waals surface area contributed by atoms with E-state index in [9.17, 15) is 14.9 Å². The first-order chi connectivity index (χ1) is 13.5. The summed E-state index contributed by atoms with van der Waals surface area (Å²) in [6.45, 7) is 1.57. The van der Waals surface area contributed by atoms with E-state index >= 15 is 0 Å². The summed E-state index contributed by atoms with van der Waals surface area (Å²) in [6, 6.07) is 17.3. The molecule has 2 aromatic carbocycles. The highest BCUT2D eigenvalue weighted by Gasteiger charge is 2.17. The average molecular weight is 379 g/mol. The molecule has 0 saturated carbocycles. The van der Waals surface area contributed by atoms with Crippen LogP contribution in [-0.2, 0) is 4.79 Å². The second-order valence-corrected chi connectivity index (χ2v) is 5.83. The van der Waals surface area contributed by atoms with Crippen LogP contribution in [0.15, 0.2) is 66.9 Å². The van der Waals surface area contributed by atoms with Crippen LogP contribution >= 0.6 is 0 Å². The quantitative estimate of drug-likeness (QED) is 0.489. The van der Waals surface area contributed by atoms with Crippen LogP contribution in [0.4, 0.5) is 11.5 Å². The zero-order valence-corrected chi connectivity index (χ0v) is 15.0. The van der Waals surface area contributed by atoms with Gasteiger partial charge in [0, 0.05) is 0 Å². The van der Waals surface area contributed by atoms with Crippen molar-refractivity contribution in [2.24, 2.45) is 0 Å². The minimum atomic E-state index is -0.669. The summed E-state index contributed by atoms with van der Waals surface area (Å²) in [5, 5.41) is 13.6. The number of aryl methyl sites for hydroxylation is 1. The van der Waals surface area contributed by atoms with Gasteiger partial charge >= 0.3 is 5.82 Å². The SMILES string of the molecule is Cc1ccc(Oc2ccccc2NC(=O)COc2cccnc2[N+](=O)[O-])cc1. The molecule has 0 fully saturated rings. The number of pyridine rings is 1. The highest BCUT2D eigenvalue weighted by Crippen LogP contribution is 2.29. The van der Waals surface area contributed by atoms with Gasteiger partial charge in [-0.15, -0.1) is 0 Å². The van der Waals surface area contributed by atoms with Crippen molar-refractivity contribution in [3.63, 3.8) is 0 Å². The molecule has 3 rings (SSSR count). The van der Waals surface area contributed by atoms with Gasteiger partial charge in [-0.05, 0) is 53.2 Å². The van der Waals surface area contributed by atoms with Gasteiger partial charge in [0.1, 0.15) is 11.9 Å². The molecule has 8 heteroatoms. The van der Waals surface area contributed by atoms with Gasteiger partial charge in [0.15, 0.2) is 12.4 Å². The molecule has 3 aromatic rings. The maximum Gasteiger partial charge on any atom is 0.406 e. The van der Waals surface area contributed by atoms with E-state index < -0.39 is 23.3 Å². The molecular weight excluding hydrogens is 362 g/mol. The molecule has 1 heterocycles. The number of ether oxygens (including phenoxy) is 2. The maximum absolute atomic E-state index is 12.2. The van der Waals surface area contributed by atoms with E-state index in [0.717, 1.165) is 5.56 Å². The van der Waals surface area contributed by atoms with Gasteiger partial charge in [-0.3, -0.25) is 4.79 Å². The summed E-state index contributed by atoms with van der Waals surface area (Å²) in [6.07, 6.45) is 1.28. The summed E-state index contributed by atoms with van der Waals surface area (Å²) in [5.41, 5.74) is 1.56. The highest BCUT2D eigenvalue weighted by atomic mass is 16.6. The maximum atomic E-state index is 12.2.